The van der Waals surface area contributed by atoms with E-state index in [0.29, 0.717) is 17.7 Å². The van der Waals surface area contributed by atoms with Crippen molar-refractivity contribution in [3.05, 3.63) is 37.1 Å². The van der Waals surface area contributed by atoms with Gasteiger partial charge in [0.1, 0.15) is 6.04 Å². The molecule has 0 aromatic heterocycles. The summed E-state index contributed by atoms with van der Waals surface area (Å²) in [6.45, 7) is 6.97. The Balaban J connectivity index is 0. The molecule has 0 rings (SSSR count). The quantitative estimate of drug-likeness (QED) is 0.184. The van der Waals surface area contributed by atoms with E-state index in [9.17, 15) is 24.3 Å². The van der Waals surface area contributed by atoms with Crippen LogP contribution in [-0.4, -0.2) is 34.7 Å². The summed E-state index contributed by atoms with van der Waals surface area (Å²) in [6, 6.07) is -1.60. The number of aliphatic carboxylic acids is 1. The van der Waals surface area contributed by atoms with Gasteiger partial charge in [-0.25, -0.2) is 4.79 Å². The summed E-state index contributed by atoms with van der Waals surface area (Å²) < 4.78 is 4.59. The van der Waals surface area contributed by atoms with Gasteiger partial charge in [-0.1, -0.05) is 44.7 Å². The third-order valence-corrected chi connectivity index (χ3v) is 3.07. The Bertz CT molecular complexity index is 528. The Morgan fingerprint density at radius 1 is 1.00 bits per heavy atom. The van der Waals surface area contributed by atoms with Gasteiger partial charge in [-0.15, -0.1) is 0 Å². The zero-order valence-corrected chi connectivity index (χ0v) is 17.6. The molecule has 0 N–H and O–H groups in total. The van der Waals surface area contributed by atoms with E-state index in [1.807, 2.05) is 13.8 Å². The maximum absolute atomic E-state index is 12.4. The van der Waals surface area contributed by atoms with Crippen molar-refractivity contribution in [1.82, 2.24) is 4.90 Å². The number of imide groups is 1. The minimum Gasteiger partial charge on any atom is -0.550 e. The molecule has 0 heterocycles. The number of amides is 2. The van der Waals surface area contributed by atoms with Crippen LogP contribution < -0.4 is 34.7 Å². The van der Waals surface area contributed by atoms with Gasteiger partial charge in [0.2, 0.25) is 11.8 Å². The van der Waals surface area contributed by atoms with Crippen LogP contribution in [0.5, 0.6) is 0 Å². The first-order chi connectivity index (χ1) is 11.9. The van der Waals surface area contributed by atoms with E-state index in [4.69, 9.17) is 0 Å². The number of carboxylic acid groups (broad SMARTS) is 1. The molecule has 0 radical (unpaired) electrons. The molecule has 7 nitrogen and oxygen atoms in total. The standard InChI is InChI=1S/C18H25NO6.Na/c1-4-7-9-11-15(20)19(16(21)12-10-8-5-2)14(13-17(22)23)18(24)25-6-3;/h6-10,14H,3-5,11-13H2,1-2H3,(H,22,23);/q;+1/p-1/b9-7+,10-8+;. The molecular formula is C18H24NNaO6. The number of carbonyl (C=O) groups is 4. The average Bonchev–Trinajstić information content (AvgIpc) is 2.54. The van der Waals surface area contributed by atoms with Crippen molar-refractivity contribution in [3.8, 4) is 0 Å². The molecule has 0 aliphatic heterocycles. The number of hydrogen-bond acceptors (Lipinski definition) is 6. The summed E-state index contributed by atoms with van der Waals surface area (Å²) >= 11 is 0. The minimum atomic E-state index is -1.60. The largest absolute Gasteiger partial charge is 1.00 e. The summed E-state index contributed by atoms with van der Waals surface area (Å²) in [5, 5.41) is 11.0. The fourth-order valence-corrected chi connectivity index (χ4v) is 1.98. The van der Waals surface area contributed by atoms with Gasteiger partial charge in [0, 0.05) is 25.2 Å². The SMILES string of the molecule is C=COC(=O)C(CC(=O)[O-])N(C(=O)C/C=C/CC)C(=O)C/C=C/CC.[Na+]. The summed E-state index contributed by atoms with van der Waals surface area (Å²) in [5.74, 6) is -4.01. The monoisotopic (exact) mass is 373 g/mol. The van der Waals surface area contributed by atoms with Crippen LogP contribution in [0.25, 0.3) is 0 Å². The van der Waals surface area contributed by atoms with Gasteiger partial charge in [-0.05, 0) is 12.8 Å². The molecule has 0 saturated carbocycles. The fraction of sp³-hybridized carbons (Fsp3) is 0.444. The van der Waals surface area contributed by atoms with Crippen LogP contribution in [0.4, 0.5) is 0 Å². The smallest absolute Gasteiger partial charge is 0.550 e. The Hall–Kier alpha value is -1.70. The van der Waals surface area contributed by atoms with Gasteiger partial charge in [0.15, 0.2) is 0 Å². The van der Waals surface area contributed by atoms with Crippen molar-refractivity contribution < 1.29 is 58.6 Å². The molecule has 0 aromatic rings. The zero-order chi connectivity index (χ0) is 19.2. The Morgan fingerprint density at radius 2 is 1.46 bits per heavy atom. The van der Waals surface area contributed by atoms with Crippen molar-refractivity contribution in [2.24, 2.45) is 0 Å². The van der Waals surface area contributed by atoms with Gasteiger partial charge in [0.05, 0.1) is 6.26 Å². The van der Waals surface area contributed by atoms with Crippen LogP contribution in [0.2, 0.25) is 0 Å². The molecule has 0 bridgehead atoms. The molecule has 8 heteroatoms. The molecule has 0 fully saturated rings. The second kappa shape index (κ2) is 15.5. The van der Waals surface area contributed by atoms with Crippen molar-refractivity contribution >= 4 is 23.8 Å². The van der Waals surface area contributed by atoms with E-state index >= 15 is 0 Å². The molecule has 26 heavy (non-hydrogen) atoms. The maximum atomic E-state index is 12.4. The van der Waals surface area contributed by atoms with Crippen molar-refractivity contribution in [2.75, 3.05) is 0 Å². The van der Waals surface area contributed by atoms with Crippen LogP contribution in [0, 0.1) is 0 Å². The van der Waals surface area contributed by atoms with Crippen LogP contribution >= 0.6 is 0 Å². The van der Waals surface area contributed by atoms with E-state index in [-0.39, 0.29) is 42.4 Å². The summed E-state index contributed by atoms with van der Waals surface area (Å²) in [6.07, 6.45) is 7.65. The average molecular weight is 373 g/mol. The molecule has 0 aromatic carbocycles. The number of carbonyl (C=O) groups excluding carboxylic acids is 4. The second-order valence-electron chi connectivity index (χ2n) is 5.02. The third-order valence-electron chi connectivity index (χ3n) is 3.07. The van der Waals surface area contributed by atoms with Crippen LogP contribution in [0.3, 0.4) is 0 Å². The van der Waals surface area contributed by atoms with E-state index < -0.39 is 36.2 Å². The Morgan fingerprint density at radius 3 is 1.81 bits per heavy atom. The molecule has 138 valence electrons. The number of esters is 1. The molecule has 2 amide bonds. The molecule has 0 aliphatic carbocycles. The summed E-state index contributed by atoms with van der Waals surface area (Å²) in [7, 11) is 0. The van der Waals surface area contributed by atoms with Gasteiger partial charge in [-0.2, -0.15) is 0 Å². The molecule has 0 spiro atoms. The zero-order valence-electron chi connectivity index (χ0n) is 15.6. The number of rotatable bonds is 11. The number of nitrogens with zero attached hydrogens (tertiary/aromatic N) is 1. The minimum absolute atomic E-state index is 0. The van der Waals surface area contributed by atoms with Gasteiger partial charge >= 0.3 is 35.5 Å². The summed E-state index contributed by atoms with van der Waals surface area (Å²) in [5.41, 5.74) is 0. The third kappa shape index (κ3) is 10.3. The molecule has 0 saturated heterocycles. The second-order valence-corrected chi connectivity index (χ2v) is 5.02. The Kier molecular flexibility index (Phi) is 15.9. The first-order valence-electron chi connectivity index (χ1n) is 8.05. The van der Waals surface area contributed by atoms with Crippen LogP contribution in [-0.2, 0) is 23.9 Å². The van der Waals surface area contributed by atoms with Gasteiger partial charge < -0.3 is 14.6 Å². The predicted molar refractivity (Wildman–Crippen MR) is 89.7 cm³/mol. The van der Waals surface area contributed by atoms with Crippen LogP contribution in [0.1, 0.15) is 46.0 Å². The molecule has 1 unspecified atom stereocenters. The van der Waals surface area contributed by atoms with Gasteiger partial charge in [-0.3, -0.25) is 14.5 Å². The van der Waals surface area contributed by atoms with Gasteiger partial charge in [0.25, 0.3) is 0 Å². The van der Waals surface area contributed by atoms with E-state index in [1.54, 1.807) is 24.3 Å². The first kappa shape index (κ1) is 26.5. The maximum Gasteiger partial charge on any atom is 1.00 e. The molecule has 0 aliphatic rings. The van der Waals surface area contributed by atoms with Crippen LogP contribution in [0.15, 0.2) is 37.1 Å². The van der Waals surface area contributed by atoms with Crippen molar-refractivity contribution in [2.45, 2.75) is 52.0 Å². The van der Waals surface area contributed by atoms with Crippen molar-refractivity contribution in [3.63, 3.8) is 0 Å². The Labute approximate surface area is 176 Å². The van der Waals surface area contributed by atoms with E-state index in [1.165, 1.54) is 0 Å². The molecule has 1 atom stereocenters. The summed E-state index contributed by atoms with van der Waals surface area (Å²) in [4.78, 5) is 48.4. The number of allylic oxidation sites excluding steroid dienone is 2. The number of ether oxygens (including phenoxy) is 1. The van der Waals surface area contributed by atoms with E-state index in [2.05, 4.69) is 11.3 Å². The number of hydrogen-bond donors (Lipinski definition) is 0. The number of carboxylic acids is 1. The first-order valence-corrected chi connectivity index (χ1v) is 8.05. The molecular weight excluding hydrogens is 349 g/mol. The van der Waals surface area contributed by atoms with E-state index in [0.717, 1.165) is 6.26 Å². The predicted octanol–water partition coefficient (Wildman–Crippen LogP) is -1.75. The fourth-order valence-electron chi connectivity index (χ4n) is 1.98. The topological polar surface area (TPSA) is 104 Å². The normalized spacial score (nSPS) is 11.6. The van der Waals surface area contributed by atoms with Crippen molar-refractivity contribution in [1.29, 1.82) is 0 Å².